The molecule has 0 spiro atoms. The summed E-state index contributed by atoms with van der Waals surface area (Å²) in [7, 11) is 0. The zero-order chi connectivity index (χ0) is 32.7. The molecule has 0 bridgehead atoms. The standard InChI is InChI=1S/2C16H21NO2S.C2H2O4/c2*18-15-3-6-17(12-15)7-9-19-8-4-13-1-2-16-14(11-13)5-10-20-16;3-1(4)2(5)6/h2*1-2,5,10-11,15,18H,3-4,6-9,12H2;(H,3,4)(H,5,6). The van der Waals surface area contributed by atoms with E-state index in [-0.39, 0.29) is 12.2 Å². The largest absolute Gasteiger partial charge is 0.473 e. The number of nitrogens with zero attached hydrogens (tertiary/aromatic N) is 2. The minimum atomic E-state index is -1.82. The number of ether oxygens (including phenoxy) is 2. The third kappa shape index (κ3) is 12.3. The van der Waals surface area contributed by atoms with Gasteiger partial charge in [-0.05, 0) is 82.6 Å². The van der Waals surface area contributed by atoms with Crippen LogP contribution in [0.15, 0.2) is 59.3 Å². The predicted molar refractivity (Wildman–Crippen MR) is 182 cm³/mol. The highest BCUT2D eigenvalue weighted by molar-refractivity contribution is 7.17. The molecule has 4 aromatic rings. The molecular weight excluding hydrogens is 629 g/mol. The number of aliphatic hydroxyl groups is 2. The number of likely N-dealkylation sites (tertiary alicyclic amines) is 2. The fraction of sp³-hybridized carbons (Fsp3) is 0.471. The molecular formula is C34H44N2O8S2. The van der Waals surface area contributed by atoms with Gasteiger partial charge in [-0.3, -0.25) is 9.80 Å². The van der Waals surface area contributed by atoms with E-state index in [2.05, 4.69) is 69.1 Å². The molecule has 12 heteroatoms. The molecule has 0 amide bonds. The van der Waals surface area contributed by atoms with Crippen LogP contribution < -0.4 is 0 Å². The van der Waals surface area contributed by atoms with E-state index in [0.717, 1.165) is 91.4 Å². The first-order chi connectivity index (χ1) is 22.3. The monoisotopic (exact) mass is 672 g/mol. The summed E-state index contributed by atoms with van der Waals surface area (Å²) in [5, 5.41) is 40.6. The van der Waals surface area contributed by atoms with Gasteiger partial charge in [-0.25, -0.2) is 9.59 Å². The Kier molecular flexibility index (Phi) is 14.8. The molecule has 2 aliphatic heterocycles. The van der Waals surface area contributed by atoms with Crippen molar-refractivity contribution < 1.29 is 39.5 Å². The Balaban J connectivity index is 0.000000178. The summed E-state index contributed by atoms with van der Waals surface area (Å²) in [4.78, 5) is 22.7. The van der Waals surface area contributed by atoms with Gasteiger partial charge >= 0.3 is 11.9 Å². The normalized spacial score (nSPS) is 18.3. The Labute approximate surface area is 277 Å². The van der Waals surface area contributed by atoms with Crippen LogP contribution in [0.1, 0.15) is 24.0 Å². The van der Waals surface area contributed by atoms with Crippen LogP contribution in [0.4, 0.5) is 0 Å². The Morgan fingerprint density at radius 1 is 0.674 bits per heavy atom. The topological polar surface area (TPSA) is 140 Å². The van der Waals surface area contributed by atoms with Gasteiger partial charge in [0.2, 0.25) is 0 Å². The van der Waals surface area contributed by atoms with Gasteiger partial charge in [0.1, 0.15) is 0 Å². The first-order valence-corrected chi connectivity index (χ1v) is 17.4. The van der Waals surface area contributed by atoms with Gasteiger partial charge in [0.05, 0.1) is 38.6 Å². The smallest absolute Gasteiger partial charge is 0.414 e. The molecule has 2 aromatic heterocycles. The number of β-amino-alcohol motifs (C(OH)–C–C–N with tert-alkyl or cyclic N) is 2. The van der Waals surface area contributed by atoms with Crippen LogP contribution in [0.25, 0.3) is 20.2 Å². The zero-order valence-corrected chi connectivity index (χ0v) is 27.6. The highest BCUT2D eigenvalue weighted by Crippen LogP contribution is 2.23. The fourth-order valence-electron chi connectivity index (χ4n) is 5.35. The number of hydrogen-bond donors (Lipinski definition) is 4. The van der Waals surface area contributed by atoms with E-state index in [1.165, 1.54) is 31.3 Å². The van der Waals surface area contributed by atoms with Crippen LogP contribution in [0.3, 0.4) is 0 Å². The Hall–Kier alpha value is -2.94. The van der Waals surface area contributed by atoms with Crippen molar-refractivity contribution in [3.63, 3.8) is 0 Å². The van der Waals surface area contributed by atoms with E-state index in [4.69, 9.17) is 29.3 Å². The molecule has 250 valence electrons. The van der Waals surface area contributed by atoms with Gasteiger partial charge in [0, 0.05) is 48.7 Å². The second kappa shape index (κ2) is 19.0. The minimum absolute atomic E-state index is 0.132. The number of fused-ring (bicyclic) bond motifs is 2. The van der Waals surface area contributed by atoms with Gasteiger partial charge in [-0.15, -0.1) is 22.7 Å². The van der Waals surface area contributed by atoms with Crippen molar-refractivity contribution in [3.8, 4) is 0 Å². The fourth-order valence-corrected chi connectivity index (χ4v) is 6.89. The maximum absolute atomic E-state index is 9.44. The summed E-state index contributed by atoms with van der Waals surface area (Å²) in [6, 6.07) is 17.6. The van der Waals surface area contributed by atoms with E-state index in [0.29, 0.717) is 0 Å². The van der Waals surface area contributed by atoms with Crippen molar-refractivity contribution in [1.29, 1.82) is 0 Å². The van der Waals surface area contributed by atoms with Gasteiger partial charge in [0.15, 0.2) is 0 Å². The second-order valence-electron chi connectivity index (χ2n) is 11.4. The lowest BCUT2D eigenvalue weighted by Crippen LogP contribution is -2.26. The number of thiophene rings is 2. The van der Waals surface area contributed by atoms with E-state index >= 15 is 0 Å². The van der Waals surface area contributed by atoms with Crippen molar-refractivity contribution in [1.82, 2.24) is 9.80 Å². The molecule has 0 radical (unpaired) electrons. The molecule has 2 fully saturated rings. The maximum Gasteiger partial charge on any atom is 0.414 e. The molecule has 0 aliphatic carbocycles. The first-order valence-electron chi connectivity index (χ1n) is 15.6. The van der Waals surface area contributed by atoms with Crippen LogP contribution in [-0.2, 0) is 31.9 Å². The summed E-state index contributed by atoms with van der Waals surface area (Å²) in [5.41, 5.74) is 2.68. The number of carboxylic acids is 2. The number of aliphatic carboxylic acids is 2. The summed E-state index contributed by atoms with van der Waals surface area (Å²) < 4.78 is 14.1. The number of hydrogen-bond acceptors (Lipinski definition) is 10. The lowest BCUT2D eigenvalue weighted by Gasteiger charge is -2.14. The Bertz CT molecular complexity index is 1400. The molecule has 4 heterocycles. The van der Waals surface area contributed by atoms with E-state index in [1.807, 2.05) is 0 Å². The summed E-state index contributed by atoms with van der Waals surface area (Å²) in [6.45, 7) is 8.52. The second-order valence-corrected chi connectivity index (χ2v) is 13.3. The third-order valence-corrected chi connectivity index (χ3v) is 9.68. The van der Waals surface area contributed by atoms with Gasteiger partial charge in [-0.1, -0.05) is 24.3 Å². The van der Waals surface area contributed by atoms with Crippen LogP contribution in [-0.4, -0.2) is 120 Å². The van der Waals surface area contributed by atoms with Crippen molar-refractivity contribution >= 4 is 54.8 Å². The number of carboxylic acid groups (broad SMARTS) is 2. The van der Waals surface area contributed by atoms with E-state index in [1.54, 1.807) is 22.7 Å². The molecule has 2 unspecified atom stereocenters. The van der Waals surface area contributed by atoms with Gasteiger partial charge in [0.25, 0.3) is 0 Å². The molecule has 46 heavy (non-hydrogen) atoms. The molecule has 6 rings (SSSR count). The lowest BCUT2D eigenvalue weighted by atomic mass is 10.1. The number of rotatable bonds is 12. The molecule has 0 saturated carbocycles. The lowest BCUT2D eigenvalue weighted by molar-refractivity contribution is -0.159. The van der Waals surface area contributed by atoms with Crippen LogP contribution in [0.2, 0.25) is 0 Å². The highest BCUT2D eigenvalue weighted by Gasteiger charge is 2.20. The van der Waals surface area contributed by atoms with E-state index in [9.17, 15) is 10.2 Å². The number of aliphatic hydroxyl groups excluding tert-OH is 2. The zero-order valence-electron chi connectivity index (χ0n) is 26.0. The van der Waals surface area contributed by atoms with Crippen LogP contribution in [0, 0.1) is 0 Å². The molecule has 2 atom stereocenters. The predicted octanol–water partition coefficient (Wildman–Crippen LogP) is 4.21. The minimum Gasteiger partial charge on any atom is -0.473 e. The average Bonchev–Trinajstić information content (AvgIpc) is 3.85. The molecule has 4 N–H and O–H groups in total. The molecule has 10 nitrogen and oxygen atoms in total. The molecule has 2 saturated heterocycles. The molecule has 2 aromatic carbocycles. The van der Waals surface area contributed by atoms with Gasteiger partial charge in [-0.2, -0.15) is 0 Å². The Morgan fingerprint density at radius 3 is 1.48 bits per heavy atom. The molecule has 2 aliphatic rings. The van der Waals surface area contributed by atoms with Crippen molar-refractivity contribution in [2.24, 2.45) is 0 Å². The van der Waals surface area contributed by atoms with Crippen molar-refractivity contribution in [3.05, 3.63) is 70.4 Å². The highest BCUT2D eigenvalue weighted by atomic mass is 32.1. The van der Waals surface area contributed by atoms with Gasteiger partial charge < -0.3 is 29.9 Å². The van der Waals surface area contributed by atoms with Crippen LogP contribution in [0.5, 0.6) is 0 Å². The first kappa shape index (κ1) is 35.9. The number of benzene rings is 2. The van der Waals surface area contributed by atoms with Crippen LogP contribution >= 0.6 is 22.7 Å². The van der Waals surface area contributed by atoms with E-state index < -0.39 is 11.9 Å². The average molecular weight is 673 g/mol. The third-order valence-electron chi connectivity index (χ3n) is 7.89. The summed E-state index contributed by atoms with van der Waals surface area (Å²) >= 11 is 3.57. The summed E-state index contributed by atoms with van der Waals surface area (Å²) in [5.74, 6) is -3.65. The summed E-state index contributed by atoms with van der Waals surface area (Å²) in [6.07, 6.45) is 3.48. The SMILES string of the molecule is O=C(O)C(=O)O.OC1CCN(CCOCCc2ccc3sccc3c2)C1.OC1CCN(CCOCCc2ccc3sccc3c2)C1. The quantitative estimate of drug-likeness (QED) is 0.128. The maximum atomic E-state index is 9.44. The number of carbonyl (C=O) groups is 2. The van der Waals surface area contributed by atoms with Crippen molar-refractivity contribution in [2.45, 2.75) is 37.9 Å². The van der Waals surface area contributed by atoms with Crippen molar-refractivity contribution in [2.75, 3.05) is 65.7 Å². The Morgan fingerprint density at radius 2 is 1.11 bits per heavy atom.